The first-order valence-corrected chi connectivity index (χ1v) is 5.78. The van der Waals surface area contributed by atoms with Crippen LogP contribution in [0.2, 0.25) is 0 Å². The number of thiophene rings is 1. The van der Waals surface area contributed by atoms with Gasteiger partial charge in [0.2, 0.25) is 5.91 Å². The average Bonchev–Trinajstić information content (AvgIpc) is 2.87. The number of amides is 1. The fourth-order valence-electron chi connectivity index (χ4n) is 1.62. The highest BCUT2D eigenvalue weighted by atomic mass is 32.1. The normalized spacial score (nSPS) is 21.0. The standard InChI is InChI=1S/C10H14N2OS/c13-10(9-4-1-5-11-9)12-7-8-3-2-6-14-8/h2-3,6,9,11H,1,4-5,7H2,(H,12,13)/t9-/m0/s1. The molecule has 1 fully saturated rings. The van der Waals surface area contributed by atoms with E-state index in [1.54, 1.807) is 11.3 Å². The molecule has 1 aliphatic heterocycles. The molecule has 0 bridgehead atoms. The summed E-state index contributed by atoms with van der Waals surface area (Å²) in [7, 11) is 0. The average molecular weight is 210 g/mol. The summed E-state index contributed by atoms with van der Waals surface area (Å²) in [6.45, 7) is 1.63. The van der Waals surface area contributed by atoms with Crippen LogP contribution in [0.3, 0.4) is 0 Å². The van der Waals surface area contributed by atoms with Crippen molar-refractivity contribution >= 4 is 17.2 Å². The van der Waals surface area contributed by atoms with Gasteiger partial charge in [0.1, 0.15) is 0 Å². The smallest absolute Gasteiger partial charge is 0.237 e. The molecule has 1 aliphatic rings. The van der Waals surface area contributed by atoms with E-state index >= 15 is 0 Å². The van der Waals surface area contributed by atoms with E-state index in [1.807, 2.05) is 17.5 Å². The third kappa shape index (κ3) is 2.33. The molecular formula is C10H14N2OS. The number of nitrogens with one attached hydrogen (secondary N) is 2. The third-order valence-electron chi connectivity index (χ3n) is 2.39. The van der Waals surface area contributed by atoms with Crippen molar-refractivity contribution in [1.29, 1.82) is 0 Å². The zero-order chi connectivity index (χ0) is 9.80. The molecule has 76 valence electrons. The van der Waals surface area contributed by atoms with Gasteiger partial charge in [-0.3, -0.25) is 4.79 Å². The van der Waals surface area contributed by atoms with Crippen LogP contribution < -0.4 is 10.6 Å². The highest BCUT2D eigenvalue weighted by Crippen LogP contribution is 2.09. The molecule has 4 heteroatoms. The van der Waals surface area contributed by atoms with Gasteiger partial charge in [-0.1, -0.05) is 6.07 Å². The second-order valence-electron chi connectivity index (χ2n) is 3.45. The molecule has 1 aromatic rings. The Balaban J connectivity index is 1.77. The summed E-state index contributed by atoms with van der Waals surface area (Å²) in [5.41, 5.74) is 0. The summed E-state index contributed by atoms with van der Waals surface area (Å²) in [6.07, 6.45) is 2.08. The molecule has 0 aromatic carbocycles. The van der Waals surface area contributed by atoms with E-state index in [2.05, 4.69) is 10.6 Å². The van der Waals surface area contributed by atoms with Crippen LogP contribution >= 0.6 is 11.3 Å². The first-order chi connectivity index (χ1) is 6.86. The molecule has 0 unspecified atom stereocenters. The van der Waals surface area contributed by atoms with Gasteiger partial charge in [0, 0.05) is 4.88 Å². The van der Waals surface area contributed by atoms with Gasteiger partial charge in [0.25, 0.3) is 0 Å². The zero-order valence-electron chi connectivity index (χ0n) is 7.95. The van der Waals surface area contributed by atoms with Crippen LogP contribution in [0.5, 0.6) is 0 Å². The minimum Gasteiger partial charge on any atom is -0.350 e. The van der Waals surface area contributed by atoms with E-state index in [4.69, 9.17) is 0 Å². The molecule has 2 heterocycles. The van der Waals surface area contributed by atoms with Crippen LogP contribution in [0.15, 0.2) is 17.5 Å². The zero-order valence-corrected chi connectivity index (χ0v) is 8.77. The third-order valence-corrected chi connectivity index (χ3v) is 3.27. The van der Waals surface area contributed by atoms with E-state index < -0.39 is 0 Å². The monoisotopic (exact) mass is 210 g/mol. The molecule has 1 amide bonds. The molecule has 2 N–H and O–H groups in total. The molecule has 0 saturated carbocycles. The maximum atomic E-state index is 11.6. The largest absolute Gasteiger partial charge is 0.350 e. The van der Waals surface area contributed by atoms with Crippen LogP contribution in [0.1, 0.15) is 17.7 Å². The Hall–Kier alpha value is -0.870. The van der Waals surface area contributed by atoms with Crippen LogP contribution in [0.25, 0.3) is 0 Å². The van der Waals surface area contributed by atoms with Gasteiger partial charge in [-0.25, -0.2) is 0 Å². The van der Waals surface area contributed by atoms with E-state index in [1.165, 1.54) is 4.88 Å². The lowest BCUT2D eigenvalue weighted by Gasteiger charge is -2.09. The van der Waals surface area contributed by atoms with Crippen LogP contribution in [-0.4, -0.2) is 18.5 Å². The lowest BCUT2D eigenvalue weighted by atomic mass is 10.2. The van der Waals surface area contributed by atoms with Gasteiger partial charge in [-0.15, -0.1) is 11.3 Å². The van der Waals surface area contributed by atoms with Crippen molar-refractivity contribution in [2.75, 3.05) is 6.54 Å². The SMILES string of the molecule is O=C(NCc1cccs1)[C@@H]1CCCN1. The topological polar surface area (TPSA) is 41.1 Å². The van der Waals surface area contributed by atoms with Crippen LogP contribution in [0, 0.1) is 0 Å². The predicted molar refractivity (Wildman–Crippen MR) is 57.2 cm³/mol. The molecule has 0 spiro atoms. The maximum absolute atomic E-state index is 11.6. The van der Waals surface area contributed by atoms with Gasteiger partial charge in [0.15, 0.2) is 0 Å². The minimum atomic E-state index is 0.0370. The quantitative estimate of drug-likeness (QED) is 0.785. The van der Waals surface area contributed by atoms with E-state index in [0.29, 0.717) is 6.54 Å². The van der Waals surface area contributed by atoms with Gasteiger partial charge < -0.3 is 10.6 Å². The summed E-state index contributed by atoms with van der Waals surface area (Å²) < 4.78 is 0. The Morgan fingerprint density at radius 2 is 2.64 bits per heavy atom. The molecule has 1 aromatic heterocycles. The first kappa shape index (κ1) is 9.68. The number of carbonyl (C=O) groups is 1. The lowest BCUT2D eigenvalue weighted by molar-refractivity contribution is -0.122. The summed E-state index contributed by atoms with van der Waals surface area (Å²) in [5.74, 6) is 0.135. The summed E-state index contributed by atoms with van der Waals surface area (Å²) >= 11 is 1.67. The number of hydrogen-bond acceptors (Lipinski definition) is 3. The van der Waals surface area contributed by atoms with Gasteiger partial charge in [-0.2, -0.15) is 0 Å². The highest BCUT2D eigenvalue weighted by molar-refractivity contribution is 7.09. The molecule has 14 heavy (non-hydrogen) atoms. The Labute approximate surface area is 87.5 Å². The Morgan fingerprint density at radius 3 is 3.29 bits per heavy atom. The summed E-state index contributed by atoms with van der Waals surface area (Å²) in [5, 5.41) is 8.14. The van der Waals surface area contributed by atoms with Crippen molar-refractivity contribution < 1.29 is 4.79 Å². The molecule has 2 rings (SSSR count). The Kier molecular flexibility index (Phi) is 3.16. The van der Waals surface area contributed by atoms with Crippen molar-refractivity contribution in [3.63, 3.8) is 0 Å². The van der Waals surface area contributed by atoms with Crippen molar-refractivity contribution in [1.82, 2.24) is 10.6 Å². The summed E-state index contributed by atoms with van der Waals surface area (Å²) in [4.78, 5) is 12.8. The van der Waals surface area contributed by atoms with Crippen LogP contribution in [-0.2, 0) is 11.3 Å². The van der Waals surface area contributed by atoms with Crippen molar-refractivity contribution in [3.8, 4) is 0 Å². The molecule has 0 radical (unpaired) electrons. The van der Waals surface area contributed by atoms with Gasteiger partial charge in [0.05, 0.1) is 12.6 Å². The maximum Gasteiger partial charge on any atom is 0.237 e. The van der Waals surface area contributed by atoms with Gasteiger partial charge >= 0.3 is 0 Å². The summed E-state index contributed by atoms with van der Waals surface area (Å²) in [6, 6.07) is 4.07. The molecule has 0 aliphatic carbocycles. The number of hydrogen-bond donors (Lipinski definition) is 2. The Morgan fingerprint density at radius 1 is 1.71 bits per heavy atom. The number of carbonyl (C=O) groups excluding carboxylic acids is 1. The second kappa shape index (κ2) is 4.57. The molecule has 1 saturated heterocycles. The molecule has 1 atom stereocenters. The minimum absolute atomic E-state index is 0.0370. The number of rotatable bonds is 3. The molecule has 3 nitrogen and oxygen atoms in total. The fraction of sp³-hybridized carbons (Fsp3) is 0.500. The van der Waals surface area contributed by atoms with E-state index in [9.17, 15) is 4.79 Å². The van der Waals surface area contributed by atoms with Crippen molar-refractivity contribution in [2.24, 2.45) is 0 Å². The van der Waals surface area contributed by atoms with E-state index in [0.717, 1.165) is 19.4 Å². The Bertz CT molecular complexity index is 291. The fourth-order valence-corrected chi connectivity index (χ4v) is 2.26. The highest BCUT2D eigenvalue weighted by Gasteiger charge is 2.21. The van der Waals surface area contributed by atoms with E-state index in [-0.39, 0.29) is 11.9 Å². The predicted octanol–water partition coefficient (Wildman–Crippen LogP) is 1.12. The van der Waals surface area contributed by atoms with Crippen molar-refractivity contribution in [3.05, 3.63) is 22.4 Å². The van der Waals surface area contributed by atoms with Crippen molar-refractivity contribution in [2.45, 2.75) is 25.4 Å². The van der Waals surface area contributed by atoms with Gasteiger partial charge in [-0.05, 0) is 30.8 Å². The second-order valence-corrected chi connectivity index (χ2v) is 4.48. The lowest BCUT2D eigenvalue weighted by Crippen LogP contribution is -2.39. The van der Waals surface area contributed by atoms with Crippen LogP contribution in [0.4, 0.5) is 0 Å². The molecular weight excluding hydrogens is 196 g/mol. The first-order valence-electron chi connectivity index (χ1n) is 4.90.